The van der Waals surface area contributed by atoms with E-state index in [0.29, 0.717) is 18.8 Å². The van der Waals surface area contributed by atoms with E-state index in [2.05, 4.69) is 5.32 Å². The highest BCUT2D eigenvalue weighted by molar-refractivity contribution is 5.94. The number of furan rings is 1. The number of piperazine rings is 1. The van der Waals surface area contributed by atoms with Gasteiger partial charge in [0.05, 0.1) is 6.54 Å². The van der Waals surface area contributed by atoms with E-state index in [0.717, 1.165) is 13.1 Å². The SMILES string of the molecule is Cc1ccc(C(=O)N(C)CC(=O)N2CCNCC2)o1.Cl. The molecule has 0 aromatic carbocycles. The largest absolute Gasteiger partial charge is 0.456 e. The summed E-state index contributed by atoms with van der Waals surface area (Å²) in [5, 5.41) is 3.18. The minimum absolute atomic E-state index is 0. The maximum absolute atomic E-state index is 12.0. The van der Waals surface area contributed by atoms with Gasteiger partial charge in [-0.2, -0.15) is 0 Å². The van der Waals surface area contributed by atoms with Crippen molar-refractivity contribution < 1.29 is 14.0 Å². The summed E-state index contributed by atoms with van der Waals surface area (Å²) < 4.78 is 5.27. The number of nitrogens with zero attached hydrogens (tertiary/aromatic N) is 2. The van der Waals surface area contributed by atoms with Crippen LogP contribution in [0.2, 0.25) is 0 Å². The van der Waals surface area contributed by atoms with Crippen molar-refractivity contribution in [3.8, 4) is 0 Å². The summed E-state index contributed by atoms with van der Waals surface area (Å²) in [4.78, 5) is 27.2. The first-order valence-electron chi connectivity index (χ1n) is 6.38. The maximum Gasteiger partial charge on any atom is 0.289 e. The zero-order valence-corrected chi connectivity index (χ0v) is 12.5. The molecule has 1 aromatic rings. The molecular formula is C13H20ClN3O3. The second kappa shape index (κ2) is 7.31. The third-order valence-corrected chi connectivity index (χ3v) is 3.14. The summed E-state index contributed by atoms with van der Waals surface area (Å²) in [5.41, 5.74) is 0. The molecule has 0 spiro atoms. The number of hydrogen-bond donors (Lipinski definition) is 1. The number of aryl methyl sites for hydroxylation is 1. The van der Waals surface area contributed by atoms with Crippen LogP contribution in [0, 0.1) is 6.92 Å². The Labute approximate surface area is 124 Å². The average Bonchev–Trinajstić information content (AvgIpc) is 2.85. The van der Waals surface area contributed by atoms with Gasteiger partial charge in [-0.05, 0) is 19.1 Å². The Morgan fingerprint density at radius 3 is 2.55 bits per heavy atom. The lowest BCUT2D eigenvalue weighted by molar-refractivity contribution is -0.132. The molecule has 1 N–H and O–H groups in total. The zero-order chi connectivity index (χ0) is 13.8. The van der Waals surface area contributed by atoms with E-state index in [4.69, 9.17) is 4.42 Å². The molecule has 0 aliphatic carbocycles. The van der Waals surface area contributed by atoms with Gasteiger partial charge in [0.2, 0.25) is 5.91 Å². The molecule has 20 heavy (non-hydrogen) atoms. The molecule has 1 aliphatic heterocycles. The van der Waals surface area contributed by atoms with Crippen molar-refractivity contribution in [3.63, 3.8) is 0 Å². The molecule has 0 radical (unpaired) electrons. The quantitative estimate of drug-likeness (QED) is 0.884. The highest BCUT2D eigenvalue weighted by Gasteiger charge is 2.22. The average molecular weight is 302 g/mol. The van der Waals surface area contributed by atoms with Crippen molar-refractivity contribution >= 4 is 24.2 Å². The number of nitrogens with one attached hydrogen (secondary N) is 1. The van der Waals surface area contributed by atoms with Crippen molar-refractivity contribution in [2.24, 2.45) is 0 Å². The minimum atomic E-state index is -0.267. The maximum atomic E-state index is 12.0. The summed E-state index contributed by atoms with van der Waals surface area (Å²) in [7, 11) is 1.61. The first-order valence-corrected chi connectivity index (χ1v) is 6.38. The third kappa shape index (κ3) is 3.98. The Kier molecular flexibility index (Phi) is 6.04. The fourth-order valence-corrected chi connectivity index (χ4v) is 2.03. The number of carbonyl (C=O) groups is 2. The van der Waals surface area contributed by atoms with Gasteiger partial charge in [-0.15, -0.1) is 12.4 Å². The molecule has 0 bridgehead atoms. The number of halogens is 1. The fraction of sp³-hybridized carbons (Fsp3) is 0.538. The first-order chi connectivity index (χ1) is 9.08. The monoisotopic (exact) mass is 301 g/mol. The topological polar surface area (TPSA) is 65.8 Å². The van der Waals surface area contributed by atoms with Crippen molar-refractivity contribution in [2.75, 3.05) is 39.8 Å². The third-order valence-electron chi connectivity index (χ3n) is 3.14. The smallest absolute Gasteiger partial charge is 0.289 e. The van der Waals surface area contributed by atoms with Crippen molar-refractivity contribution in [2.45, 2.75) is 6.92 Å². The van der Waals surface area contributed by atoms with E-state index in [1.165, 1.54) is 4.90 Å². The summed E-state index contributed by atoms with van der Waals surface area (Å²) in [6, 6.07) is 3.36. The van der Waals surface area contributed by atoms with Gasteiger partial charge in [0.25, 0.3) is 5.91 Å². The van der Waals surface area contributed by atoms with Gasteiger partial charge in [0, 0.05) is 33.2 Å². The van der Waals surface area contributed by atoms with E-state index >= 15 is 0 Å². The van der Waals surface area contributed by atoms with Gasteiger partial charge in [-0.3, -0.25) is 9.59 Å². The summed E-state index contributed by atoms with van der Waals surface area (Å²) in [6.07, 6.45) is 0. The van der Waals surface area contributed by atoms with Crippen LogP contribution < -0.4 is 5.32 Å². The summed E-state index contributed by atoms with van der Waals surface area (Å²) in [5.74, 6) is 0.663. The van der Waals surface area contributed by atoms with Gasteiger partial charge in [-0.1, -0.05) is 0 Å². The summed E-state index contributed by atoms with van der Waals surface area (Å²) >= 11 is 0. The van der Waals surface area contributed by atoms with Crippen LogP contribution >= 0.6 is 12.4 Å². The lowest BCUT2D eigenvalue weighted by atomic mass is 10.3. The normalized spacial score (nSPS) is 14.6. The van der Waals surface area contributed by atoms with E-state index in [-0.39, 0.29) is 36.5 Å². The van der Waals surface area contributed by atoms with E-state index < -0.39 is 0 Å². The Hall–Kier alpha value is -1.53. The number of hydrogen-bond acceptors (Lipinski definition) is 4. The molecule has 6 nitrogen and oxygen atoms in total. The van der Waals surface area contributed by atoms with Crippen LogP contribution in [0.25, 0.3) is 0 Å². The van der Waals surface area contributed by atoms with E-state index in [9.17, 15) is 9.59 Å². The number of carbonyl (C=O) groups excluding carboxylic acids is 2. The van der Waals surface area contributed by atoms with Crippen LogP contribution in [0.5, 0.6) is 0 Å². The Morgan fingerprint density at radius 1 is 1.35 bits per heavy atom. The number of amides is 2. The van der Waals surface area contributed by atoms with Crippen molar-refractivity contribution in [1.82, 2.24) is 15.1 Å². The molecule has 1 aliphatic rings. The number of rotatable bonds is 3. The van der Waals surface area contributed by atoms with Crippen LogP contribution in [-0.4, -0.2) is 61.4 Å². The van der Waals surface area contributed by atoms with Gasteiger partial charge >= 0.3 is 0 Å². The van der Waals surface area contributed by atoms with E-state index in [1.54, 1.807) is 31.0 Å². The van der Waals surface area contributed by atoms with Gasteiger partial charge < -0.3 is 19.5 Å². The predicted octanol–water partition coefficient (Wildman–Crippen LogP) is 0.514. The molecule has 1 fully saturated rings. The molecule has 112 valence electrons. The van der Waals surface area contributed by atoms with Crippen molar-refractivity contribution in [1.29, 1.82) is 0 Å². The molecule has 0 atom stereocenters. The van der Waals surface area contributed by atoms with Gasteiger partial charge in [-0.25, -0.2) is 0 Å². The molecule has 1 aromatic heterocycles. The fourth-order valence-electron chi connectivity index (χ4n) is 2.03. The zero-order valence-electron chi connectivity index (χ0n) is 11.7. The van der Waals surface area contributed by atoms with Crippen LogP contribution in [0.4, 0.5) is 0 Å². The Bertz CT molecular complexity index is 469. The lowest BCUT2D eigenvalue weighted by Gasteiger charge is -2.29. The van der Waals surface area contributed by atoms with Crippen LogP contribution in [0.15, 0.2) is 16.5 Å². The highest BCUT2D eigenvalue weighted by atomic mass is 35.5. The molecule has 0 saturated carbocycles. The molecule has 1 saturated heterocycles. The van der Waals surface area contributed by atoms with Crippen LogP contribution in [-0.2, 0) is 4.79 Å². The van der Waals surface area contributed by atoms with Crippen LogP contribution in [0.1, 0.15) is 16.3 Å². The molecule has 0 unspecified atom stereocenters. The minimum Gasteiger partial charge on any atom is -0.456 e. The summed E-state index contributed by atoms with van der Waals surface area (Å²) in [6.45, 7) is 4.87. The second-order valence-corrected chi connectivity index (χ2v) is 4.70. The molecule has 2 rings (SSSR count). The Balaban J connectivity index is 0.00000200. The molecular weight excluding hydrogens is 282 g/mol. The van der Waals surface area contributed by atoms with Crippen molar-refractivity contribution in [3.05, 3.63) is 23.7 Å². The molecule has 2 heterocycles. The van der Waals surface area contributed by atoms with Gasteiger partial charge in [0.15, 0.2) is 5.76 Å². The highest BCUT2D eigenvalue weighted by Crippen LogP contribution is 2.09. The predicted molar refractivity (Wildman–Crippen MR) is 77.1 cm³/mol. The van der Waals surface area contributed by atoms with Crippen LogP contribution in [0.3, 0.4) is 0 Å². The first kappa shape index (κ1) is 16.5. The Morgan fingerprint density at radius 2 is 2.00 bits per heavy atom. The number of likely N-dealkylation sites (N-methyl/N-ethyl adjacent to an activating group) is 1. The lowest BCUT2D eigenvalue weighted by Crippen LogP contribution is -2.49. The van der Waals surface area contributed by atoms with Gasteiger partial charge in [0.1, 0.15) is 5.76 Å². The second-order valence-electron chi connectivity index (χ2n) is 4.70. The standard InChI is InChI=1S/C13H19N3O3.ClH/c1-10-3-4-11(19-10)13(18)15(2)9-12(17)16-7-5-14-6-8-16;/h3-4,14H,5-9H2,1-2H3;1H. The molecule has 2 amide bonds. The van der Waals surface area contributed by atoms with E-state index in [1.807, 2.05) is 0 Å². The molecule has 7 heteroatoms.